The number of carbonyl (C=O) groups is 1. The monoisotopic (exact) mass is 368 g/mol. The number of likely N-dealkylation sites (N-methyl/N-ethyl adjacent to an activating group) is 1. The van der Waals surface area contributed by atoms with Gasteiger partial charge in [0.2, 0.25) is 10.0 Å². The number of amides is 1. The van der Waals surface area contributed by atoms with Crippen LogP contribution in [0.3, 0.4) is 0 Å². The Bertz CT molecular complexity index is 708. The molecule has 0 aliphatic carbocycles. The van der Waals surface area contributed by atoms with Crippen LogP contribution in [-0.4, -0.2) is 62.9 Å². The minimum absolute atomic E-state index is 0.0665. The molecule has 0 aromatic heterocycles. The molecule has 140 valence electrons. The van der Waals surface area contributed by atoms with Crippen molar-refractivity contribution in [2.75, 3.05) is 33.3 Å². The molecule has 25 heavy (non-hydrogen) atoms. The van der Waals surface area contributed by atoms with Crippen molar-refractivity contribution in [1.29, 1.82) is 0 Å². The van der Waals surface area contributed by atoms with Crippen molar-refractivity contribution in [3.8, 4) is 0 Å². The average Bonchev–Trinajstić information content (AvgIpc) is 3.08. The maximum atomic E-state index is 12.8. The number of carbonyl (C=O) groups excluding carboxylic acids is 1. The standard InChI is InChI=1S/C18H28N2O4S/c1-5-20(6-2)25(22,23)16-10-9-14(3)17(12-16)18(21)19(4)13-15-8-7-11-24-15/h9-10,12,15H,5-8,11,13H2,1-4H3. The van der Waals surface area contributed by atoms with E-state index in [1.165, 1.54) is 10.4 Å². The van der Waals surface area contributed by atoms with Gasteiger partial charge in [-0.2, -0.15) is 4.31 Å². The van der Waals surface area contributed by atoms with E-state index in [0.717, 1.165) is 25.0 Å². The van der Waals surface area contributed by atoms with Gasteiger partial charge >= 0.3 is 0 Å². The molecule has 1 aromatic carbocycles. The zero-order chi connectivity index (χ0) is 18.6. The summed E-state index contributed by atoms with van der Waals surface area (Å²) in [7, 11) is -1.85. The van der Waals surface area contributed by atoms with E-state index >= 15 is 0 Å². The molecule has 0 spiro atoms. The summed E-state index contributed by atoms with van der Waals surface area (Å²) in [6.45, 7) is 7.48. The molecule has 1 amide bonds. The Morgan fingerprint density at radius 3 is 2.52 bits per heavy atom. The van der Waals surface area contributed by atoms with Gasteiger partial charge in [-0.3, -0.25) is 4.79 Å². The fraction of sp³-hybridized carbons (Fsp3) is 0.611. The zero-order valence-corrected chi connectivity index (χ0v) is 16.3. The van der Waals surface area contributed by atoms with Crippen LogP contribution in [0.2, 0.25) is 0 Å². The molecule has 1 fully saturated rings. The molecule has 7 heteroatoms. The summed E-state index contributed by atoms with van der Waals surface area (Å²) in [6, 6.07) is 4.76. The number of rotatable bonds is 7. The van der Waals surface area contributed by atoms with Crippen LogP contribution in [0.15, 0.2) is 23.1 Å². The third-order valence-corrected chi connectivity index (χ3v) is 6.68. The minimum atomic E-state index is -3.58. The molecule has 1 unspecified atom stereocenters. The zero-order valence-electron chi connectivity index (χ0n) is 15.5. The van der Waals surface area contributed by atoms with E-state index in [2.05, 4.69) is 0 Å². The lowest BCUT2D eigenvalue weighted by Crippen LogP contribution is -2.35. The number of ether oxygens (including phenoxy) is 1. The summed E-state index contributed by atoms with van der Waals surface area (Å²) in [5.74, 6) is -0.176. The van der Waals surface area contributed by atoms with E-state index in [9.17, 15) is 13.2 Å². The van der Waals surface area contributed by atoms with E-state index in [4.69, 9.17) is 4.74 Å². The molecule has 1 saturated heterocycles. The highest BCUT2D eigenvalue weighted by Crippen LogP contribution is 2.21. The van der Waals surface area contributed by atoms with Gasteiger partial charge in [-0.25, -0.2) is 8.42 Å². The molecule has 1 aromatic rings. The molecule has 0 N–H and O–H groups in total. The van der Waals surface area contributed by atoms with Gasteiger partial charge < -0.3 is 9.64 Å². The number of benzene rings is 1. The molecule has 1 aliphatic rings. The van der Waals surface area contributed by atoms with Gasteiger partial charge in [0.1, 0.15) is 0 Å². The second-order valence-corrected chi connectivity index (χ2v) is 8.32. The first-order chi connectivity index (χ1) is 11.8. The molecule has 1 atom stereocenters. The second kappa shape index (κ2) is 8.29. The lowest BCUT2D eigenvalue weighted by atomic mass is 10.1. The van der Waals surface area contributed by atoms with Crippen molar-refractivity contribution in [2.45, 2.75) is 44.6 Å². The van der Waals surface area contributed by atoms with Gasteiger partial charge in [-0.15, -0.1) is 0 Å². The van der Waals surface area contributed by atoms with E-state index in [0.29, 0.717) is 25.2 Å². The Hall–Kier alpha value is -1.44. The van der Waals surface area contributed by atoms with Crippen molar-refractivity contribution in [3.05, 3.63) is 29.3 Å². The van der Waals surface area contributed by atoms with E-state index in [1.807, 2.05) is 6.92 Å². The van der Waals surface area contributed by atoms with Crippen molar-refractivity contribution < 1.29 is 17.9 Å². The Morgan fingerprint density at radius 2 is 1.96 bits per heavy atom. The Kier molecular flexibility index (Phi) is 6.59. The van der Waals surface area contributed by atoms with Crippen LogP contribution < -0.4 is 0 Å². The van der Waals surface area contributed by atoms with Gasteiger partial charge in [-0.1, -0.05) is 19.9 Å². The highest BCUT2D eigenvalue weighted by Gasteiger charge is 2.25. The summed E-state index contributed by atoms with van der Waals surface area (Å²) < 4.78 is 32.4. The number of aryl methyl sites for hydroxylation is 1. The SMILES string of the molecule is CCN(CC)S(=O)(=O)c1ccc(C)c(C(=O)N(C)CC2CCCO2)c1. The van der Waals surface area contributed by atoms with E-state index in [1.54, 1.807) is 37.9 Å². The molecule has 1 heterocycles. The van der Waals surface area contributed by atoms with E-state index < -0.39 is 10.0 Å². The quantitative estimate of drug-likeness (QED) is 0.740. The molecule has 0 saturated carbocycles. The fourth-order valence-corrected chi connectivity index (χ4v) is 4.57. The minimum Gasteiger partial charge on any atom is -0.376 e. The lowest BCUT2D eigenvalue weighted by Gasteiger charge is -2.23. The average molecular weight is 368 g/mol. The first-order valence-electron chi connectivity index (χ1n) is 8.79. The van der Waals surface area contributed by atoms with Gasteiger partial charge in [0.15, 0.2) is 0 Å². The van der Waals surface area contributed by atoms with Crippen LogP contribution >= 0.6 is 0 Å². The van der Waals surface area contributed by atoms with Crippen molar-refractivity contribution in [2.24, 2.45) is 0 Å². The van der Waals surface area contributed by atoms with Crippen molar-refractivity contribution in [3.63, 3.8) is 0 Å². The molecular weight excluding hydrogens is 340 g/mol. The second-order valence-electron chi connectivity index (χ2n) is 6.39. The maximum Gasteiger partial charge on any atom is 0.253 e. The summed E-state index contributed by atoms with van der Waals surface area (Å²) in [6.07, 6.45) is 2.04. The highest BCUT2D eigenvalue weighted by atomic mass is 32.2. The van der Waals surface area contributed by atoms with Gasteiger partial charge in [0.25, 0.3) is 5.91 Å². The van der Waals surface area contributed by atoms with Crippen LogP contribution in [0.4, 0.5) is 0 Å². The number of hydrogen-bond donors (Lipinski definition) is 0. The number of sulfonamides is 1. The Labute approximate surface area is 150 Å². The van der Waals surface area contributed by atoms with Crippen LogP contribution in [0.5, 0.6) is 0 Å². The van der Waals surface area contributed by atoms with Crippen molar-refractivity contribution >= 4 is 15.9 Å². The van der Waals surface area contributed by atoms with Gasteiger partial charge in [0, 0.05) is 38.9 Å². The molecule has 0 bridgehead atoms. The normalized spacial score (nSPS) is 17.9. The topological polar surface area (TPSA) is 66.9 Å². The smallest absolute Gasteiger partial charge is 0.253 e. The molecule has 6 nitrogen and oxygen atoms in total. The molecule has 2 rings (SSSR count). The highest BCUT2D eigenvalue weighted by molar-refractivity contribution is 7.89. The summed E-state index contributed by atoms with van der Waals surface area (Å²) >= 11 is 0. The molecule has 1 aliphatic heterocycles. The van der Waals surface area contributed by atoms with Gasteiger partial charge in [0.05, 0.1) is 11.0 Å². The summed E-state index contributed by atoms with van der Waals surface area (Å²) in [5, 5.41) is 0. The molecule has 0 radical (unpaired) electrons. The van der Waals surface area contributed by atoms with Crippen LogP contribution in [-0.2, 0) is 14.8 Å². The maximum absolute atomic E-state index is 12.8. The van der Waals surface area contributed by atoms with Gasteiger partial charge in [-0.05, 0) is 37.5 Å². The first-order valence-corrected chi connectivity index (χ1v) is 10.2. The third kappa shape index (κ3) is 4.40. The third-order valence-electron chi connectivity index (χ3n) is 4.63. The Morgan fingerprint density at radius 1 is 1.28 bits per heavy atom. The summed E-state index contributed by atoms with van der Waals surface area (Å²) in [5.41, 5.74) is 1.19. The predicted octanol–water partition coefficient (Wildman–Crippen LogP) is 2.28. The number of hydrogen-bond acceptors (Lipinski definition) is 4. The van der Waals surface area contributed by atoms with Crippen LogP contribution in [0, 0.1) is 6.92 Å². The first kappa shape index (κ1) is 19.9. The van der Waals surface area contributed by atoms with E-state index in [-0.39, 0.29) is 16.9 Å². The lowest BCUT2D eigenvalue weighted by molar-refractivity contribution is 0.0586. The summed E-state index contributed by atoms with van der Waals surface area (Å²) in [4.78, 5) is 14.6. The largest absolute Gasteiger partial charge is 0.376 e. The fourth-order valence-electron chi connectivity index (χ4n) is 3.09. The van der Waals surface area contributed by atoms with Crippen molar-refractivity contribution in [1.82, 2.24) is 9.21 Å². The van der Waals surface area contributed by atoms with Crippen LogP contribution in [0.1, 0.15) is 42.6 Å². The molecular formula is C18H28N2O4S. The number of nitrogens with zero attached hydrogens (tertiary/aromatic N) is 2. The Balaban J connectivity index is 2.27. The predicted molar refractivity (Wildman–Crippen MR) is 97.2 cm³/mol. The van der Waals surface area contributed by atoms with Crippen LogP contribution in [0.25, 0.3) is 0 Å².